The van der Waals surface area contributed by atoms with Gasteiger partial charge in [0.05, 0.1) is 19.2 Å². The van der Waals surface area contributed by atoms with Crippen molar-refractivity contribution in [1.82, 2.24) is 0 Å². The monoisotopic (exact) mass is 218 g/mol. The summed E-state index contributed by atoms with van der Waals surface area (Å²) >= 11 is 0. The Balaban J connectivity index is 0. The Hall–Kier alpha value is -2.33. The number of methoxy groups -OCH3 is 1. The number of esters is 1. The Morgan fingerprint density at radius 2 is 1.81 bits per heavy atom. The molecule has 0 aliphatic carbocycles. The van der Waals surface area contributed by atoms with Gasteiger partial charge < -0.3 is 4.74 Å². The van der Waals surface area contributed by atoms with Gasteiger partial charge in [0.25, 0.3) is 0 Å². The molecule has 0 N–H and O–H groups in total. The lowest BCUT2D eigenvalue weighted by Crippen LogP contribution is -2.00. The lowest BCUT2D eigenvalue weighted by Gasteiger charge is -1.95. The number of ether oxygens (including phenoxy) is 1. The first kappa shape index (κ1) is 16.1. The van der Waals surface area contributed by atoms with Crippen molar-refractivity contribution in [1.29, 1.82) is 10.5 Å². The van der Waals surface area contributed by atoms with E-state index in [9.17, 15) is 4.79 Å². The van der Waals surface area contributed by atoms with Gasteiger partial charge in [-0.3, -0.25) is 0 Å². The molecule has 0 aliphatic heterocycles. The first-order valence-corrected chi connectivity index (χ1v) is 4.37. The number of carbonyl (C=O) groups excluding carboxylic acids is 1. The lowest BCUT2D eigenvalue weighted by molar-refractivity contribution is -0.136. The van der Waals surface area contributed by atoms with Crippen LogP contribution >= 0.6 is 0 Å². The van der Waals surface area contributed by atoms with E-state index in [0.717, 1.165) is 0 Å². The highest BCUT2D eigenvalue weighted by Gasteiger charge is 1.99. The molecule has 0 rings (SSSR count). The molecule has 0 bridgehead atoms. The average Bonchev–Trinajstić information content (AvgIpc) is 2.34. The molecule has 84 valence electrons. The summed E-state index contributed by atoms with van der Waals surface area (Å²) in [6.07, 6.45) is 4.32. The average molecular weight is 218 g/mol. The fraction of sp³-hybridized carbons (Fsp3) is 0.250. The summed E-state index contributed by atoms with van der Waals surface area (Å²) in [7, 11) is 1.32. The molecule has 0 aliphatic rings. The van der Waals surface area contributed by atoms with Gasteiger partial charge in [-0.1, -0.05) is 12.7 Å². The molecule has 0 atom stereocenters. The predicted molar refractivity (Wildman–Crippen MR) is 61.0 cm³/mol. The SMILES string of the molecule is C=CC#N.COC(=O)/C(C)=C/C=C(\C)C#N. The quantitative estimate of drug-likeness (QED) is 0.308. The highest BCUT2D eigenvalue weighted by Crippen LogP contribution is 1.98. The number of nitriles is 2. The maximum atomic E-state index is 10.8. The molecule has 4 nitrogen and oxygen atoms in total. The Morgan fingerprint density at radius 3 is 2.12 bits per heavy atom. The number of rotatable bonds is 2. The number of hydrogen-bond acceptors (Lipinski definition) is 4. The molecule has 0 spiro atoms. The highest BCUT2D eigenvalue weighted by molar-refractivity contribution is 5.87. The molecule has 0 heterocycles. The molecule has 16 heavy (non-hydrogen) atoms. The summed E-state index contributed by atoms with van der Waals surface area (Å²) in [6, 6.07) is 3.64. The van der Waals surface area contributed by atoms with Gasteiger partial charge in [0.15, 0.2) is 0 Å². The van der Waals surface area contributed by atoms with Gasteiger partial charge in [0.2, 0.25) is 0 Å². The van der Waals surface area contributed by atoms with E-state index >= 15 is 0 Å². The van der Waals surface area contributed by atoms with E-state index in [1.54, 1.807) is 32.1 Å². The Bertz CT molecular complexity index is 379. The first-order valence-electron chi connectivity index (χ1n) is 4.37. The van der Waals surface area contributed by atoms with E-state index in [4.69, 9.17) is 10.5 Å². The molecule has 0 fully saturated rings. The number of nitrogens with zero attached hydrogens (tertiary/aromatic N) is 2. The summed E-state index contributed by atoms with van der Waals surface area (Å²) in [6.45, 7) is 6.42. The van der Waals surface area contributed by atoms with E-state index in [1.165, 1.54) is 13.2 Å². The van der Waals surface area contributed by atoms with Crippen LogP contribution in [-0.2, 0) is 9.53 Å². The molecule has 0 unspecified atom stereocenters. The Morgan fingerprint density at radius 1 is 1.31 bits per heavy atom. The smallest absolute Gasteiger partial charge is 0.333 e. The van der Waals surface area contributed by atoms with Crippen LogP contribution in [0.5, 0.6) is 0 Å². The highest BCUT2D eigenvalue weighted by atomic mass is 16.5. The minimum atomic E-state index is -0.378. The summed E-state index contributed by atoms with van der Waals surface area (Å²) in [5, 5.41) is 15.9. The van der Waals surface area contributed by atoms with Gasteiger partial charge in [-0.2, -0.15) is 10.5 Å². The number of carbonyl (C=O) groups is 1. The van der Waals surface area contributed by atoms with Crippen LogP contribution in [-0.4, -0.2) is 13.1 Å². The fourth-order valence-corrected chi connectivity index (χ4v) is 0.516. The predicted octanol–water partition coefficient (Wildman–Crippen LogP) is 2.27. The summed E-state index contributed by atoms with van der Waals surface area (Å²) < 4.78 is 4.46. The zero-order valence-electron chi connectivity index (χ0n) is 9.65. The summed E-state index contributed by atoms with van der Waals surface area (Å²) in [5.74, 6) is -0.378. The molecule has 0 aromatic carbocycles. The third kappa shape index (κ3) is 9.76. The lowest BCUT2D eigenvalue weighted by atomic mass is 10.2. The maximum Gasteiger partial charge on any atom is 0.333 e. The second-order valence-electron chi connectivity index (χ2n) is 2.64. The number of hydrogen-bond donors (Lipinski definition) is 0. The molecule has 4 heteroatoms. The van der Waals surface area contributed by atoms with Crippen LogP contribution in [0.3, 0.4) is 0 Å². The Kier molecular flexibility index (Phi) is 10.8. The van der Waals surface area contributed by atoms with Crippen molar-refractivity contribution in [2.75, 3.05) is 7.11 Å². The zero-order chi connectivity index (χ0) is 13.0. The summed E-state index contributed by atoms with van der Waals surface area (Å²) in [5.41, 5.74) is 1.03. The zero-order valence-corrected chi connectivity index (χ0v) is 9.65. The van der Waals surface area contributed by atoms with Crippen LogP contribution in [0.1, 0.15) is 13.8 Å². The van der Waals surface area contributed by atoms with Crippen molar-refractivity contribution in [2.24, 2.45) is 0 Å². The molecular weight excluding hydrogens is 204 g/mol. The fourth-order valence-electron chi connectivity index (χ4n) is 0.516. The van der Waals surface area contributed by atoms with Crippen LogP contribution in [0, 0.1) is 22.7 Å². The van der Waals surface area contributed by atoms with Gasteiger partial charge in [0.1, 0.15) is 0 Å². The van der Waals surface area contributed by atoms with Gasteiger partial charge in [-0.25, -0.2) is 4.79 Å². The van der Waals surface area contributed by atoms with Crippen molar-refractivity contribution < 1.29 is 9.53 Å². The Labute approximate surface area is 95.8 Å². The van der Waals surface area contributed by atoms with E-state index < -0.39 is 0 Å². The minimum absolute atomic E-state index is 0.378. The van der Waals surface area contributed by atoms with Crippen LogP contribution in [0.4, 0.5) is 0 Å². The van der Waals surface area contributed by atoms with Crippen molar-refractivity contribution >= 4 is 5.97 Å². The van der Waals surface area contributed by atoms with E-state index in [-0.39, 0.29) is 5.97 Å². The molecule has 0 saturated carbocycles. The van der Waals surface area contributed by atoms with E-state index in [1.807, 2.05) is 6.07 Å². The van der Waals surface area contributed by atoms with Crippen LogP contribution in [0.2, 0.25) is 0 Å². The largest absolute Gasteiger partial charge is 0.466 e. The maximum absolute atomic E-state index is 10.8. The third-order valence-corrected chi connectivity index (χ3v) is 1.36. The molecule has 0 saturated heterocycles. The van der Waals surface area contributed by atoms with Gasteiger partial charge in [0, 0.05) is 17.2 Å². The van der Waals surface area contributed by atoms with Crippen LogP contribution < -0.4 is 0 Å². The topological polar surface area (TPSA) is 73.9 Å². The summed E-state index contributed by atoms with van der Waals surface area (Å²) in [4.78, 5) is 10.8. The van der Waals surface area contributed by atoms with Crippen LogP contribution in [0.25, 0.3) is 0 Å². The second-order valence-corrected chi connectivity index (χ2v) is 2.64. The molecule has 0 aromatic rings. The minimum Gasteiger partial charge on any atom is -0.466 e. The van der Waals surface area contributed by atoms with Crippen molar-refractivity contribution in [3.05, 3.63) is 36.0 Å². The second kappa shape index (κ2) is 10.7. The number of allylic oxidation sites excluding steroid dienone is 4. The van der Waals surface area contributed by atoms with Crippen molar-refractivity contribution in [3.63, 3.8) is 0 Å². The molecular formula is C12H14N2O2. The van der Waals surface area contributed by atoms with Crippen LogP contribution in [0.15, 0.2) is 36.0 Å². The molecule has 0 amide bonds. The first-order chi connectivity index (χ1) is 7.53. The molecule has 0 aromatic heterocycles. The van der Waals surface area contributed by atoms with E-state index in [2.05, 4.69) is 11.3 Å². The van der Waals surface area contributed by atoms with Gasteiger partial charge >= 0.3 is 5.97 Å². The van der Waals surface area contributed by atoms with E-state index in [0.29, 0.717) is 11.1 Å². The van der Waals surface area contributed by atoms with Crippen molar-refractivity contribution in [2.45, 2.75) is 13.8 Å². The normalized spacial score (nSPS) is 10.1. The molecule has 0 radical (unpaired) electrons. The standard InChI is InChI=1S/C9H11NO2.C3H3N/c1-7(6-10)4-5-8(2)9(11)12-3;1-2-3-4/h4-5H,1-3H3;2H,1H2/b7-4+,8-5+;. The van der Waals surface area contributed by atoms with Crippen molar-refractivity contribution in [3.8, 4) is 12.1 Å². The van der Waals surface area contributed by atoms with Gasteiger partial charge in [-0.15, -0.1) is 0 Å². The third-order valence-electron chi connectivity index (χ3n) is 1.36. The van der Waals surface area contributed by atoms with Gasteiger partial charge in [-0.05, 0) is 19.9 Å².